The van der Waals surface area contributed by atoms with Gasteiger partial charge in [0.2, 0.25) is 0 Å². The van der Waals surface area contributed by atoms with Crippen molar-refractivity contribution in [2.45, 2.75) is 32.9 Å². The molecule has 1 atom stereocenters. The lowest BCUT2D eigenvalue weighted by molar-refractivity contribution is -0.143. The van der Waals surface area contributed by atoms with E-state index in [4.69, 9.17) is 4.74 Å². The number of nitrogens with zero attached hydrogens (tertiary/aromatic N) is 2. The van der Waals surface area contributed by atoms with E-state index in [2.05, 4.69) is 29.1 Å². The Balaban J connectivity index is 2.52. The first-order chi connectivity index (χ1) is 8.13. The van der Waals surface area contributed by atoms with Gasteiger partial charge in [-0.2, -0.15) is 0 Å². The maximum atomic E-state index is 11.5. The van der Waals surface area contributed by atoms with E-state index in [9.17, 15) is 4.79 Å². The first kappa shape index (κ1) is 13.6. The number of hydrogen-bond donors (Lipinski definition) is 1. The van der Waals surface area contributed by atoms with Gasteiger partial charge in [-0.25, -0.2) is 0 Å². The van der Waals surface area contributed by atoms with Crippen LogP contribution in [-0.2, 0) is 16.1 Å². The Morgan fingerprint density at radius 1 is 1.47 bits per heavy atom. The molecule has 0 saturated heterocycles. The predicted octanol–water partition coefficient (Wildman–Crippen LogP) is 1.15. The van der Waals surface area contributed by atoms with Crippen molar-refractivity contribution < 1.29 is 9.53 Å². The second-order valence-electron chi connectivity index (χ2n) is 4.28. The summed E-state index contributed by atoms with van der Waals surface area (Å²) < 4.78 is 4.76. The van der Waals surface area contributed by atoms with E-state index < -0.39 is 0 Å². The average molecular weight is 237 g/mol. The highest BCUT2D eigenvalue weighted by atomic mass is 16.5. The van der Waals surface area contributed by atoms with Gasteiger partial charge < -0.3 is 4.74 Å². The van der Waals surface area contributed by atoms with Gasteiger partial charge in [-0.15, -0.1) is 0 Å². The summed E-state index contributed by atoms with van der Waals surface area (Å²) in [5.41, 5.74) is 0.810. The number of hydrogen-bond acceptors (Lipinski definition) is 5. The predicted molar refractivity (Wildman–Crippen MR) is 64.1 cm³/mol. The van der Waals surface area contributed by atoms with E-state index in [1.165, 1.54) is 7.11 Å². The molecule has 5 nitrogen and oxygen atoms in total. The molecule has 1 aromatic heterocycles. The fraction of sp³-hybridized carbons (Fsp3) is 0.583. The minimum Gasteiger partial charge on any atom is -0.468 e. The maximum absolute atomic E-state index is 11.5. The highest BCUT2D eigenvalue weighted by Gasteiger charge is 2.19. The Kier molecular flexibility index (Phi) is 5.56. The maximum Gasteiger partial charge on any atom is 0.322 e. The number of methoxy groups -OCH3 is 1. The summed E-state index contributed by atoms with van der Waals surface area (Å²) in [6.07, 6.45) is 5.67. The van der Waals surface area contributed by atoms with E-state index in [1.54, 1.807) is 18.6 Å². The molecule has 0 radical (unpaired) electrons. The van der Waals surface area contributed by atoms with Gasteiger partial charge in [-0.3, -0.25) is 20.1 Å². The minimum absolute atomic E-state index is 0.234. The van der Waals surface area contributed by atoms with Crippen LogP contribution < -0.4 is 5.32 Å². The van der Waals surface area contributed by atoms with Crippen LogP contribution in [0.2, 0.25) is 0 Å². The first-order valence-electron chi connectivity index (χ1n) is 5.69. The number of esters is 1. The van der Waals surface area contributed by atoms with E-state index in [1.807, 2.05) is 0 Å². The number of rotatable bonds is 6. The summed E-state index contributed by atoms with van der Waals surface area (Å²) in [4.78, 5) is 19.7. The Morgan fingerprint density at radius 3 is 2.76 bits per heavy atom. The van der Waals surface area contributed by atoms with Gasteiger partial charge in [-0.1, -0.05) is 13.8 Å². The van der Waals surface area contributed by atoms with Crippen LogP contribution in [0.1, 0.15) is 26.0 Å². The van der Waals surface area contributed by atoms with Crippen LogP contribution in [0.25, 0.3) is 0 Å². The zero-order valence-corrected chi connectivity index (χ0v) is 10.5. The van der Waals surface area contributed by atoms with Gasteiger partial charge in [0.05, 0.1) is 12.8 Å². The molecule has 94 valence electrons. The van der Waals surface area contributed by atoms with Crippen LogP contribution in [0, 0.1) is 5.92 Å². The Morgan fingerprint density at radius 2 is 2.24 bits per heavy atom. The fourth-order valence-corrected chi connectivity index (χ4v) is 1.53. The molecule has 5 heteroatoms. The molecule has 1 aromatic rings. The molecule has 1 rings (SSSR count). The summed E-state index contributed by atoms with van der Waals surface area (Å²) >= 11 is 0. The minimum atomic E-state index is -0.290. The molecular weight excluding hydrogens is 218 g/mol. The van der Waals surface area contributed by atoms with Crippen LogP contribution in [-0.4, -0.2) is 29.1 Å². The quantitative estimate of drug-likeness (QED) is 0.752. The zero-order chi connectivity index (χ0) is 12.7. The molecule has 0 aliphatic heterocycles. The third-order valence-electron chi connectivity index (χ3n) is 2.34. The molecule has 1 heterocycles. The molecular formula is C12H19N3O2. The molecule has 0 amide bonds. The highest BCUT2D eigenvalue weighted by Crippen LogP contribution is 2.06. The third kappa shape index (κ3) is 4.91. The first-order valence-corrected chi connectivity index (χ1v) is 5.69. The van der Waals surface area contributed by atoms with Crippen molar-refractivity contribution in [1.82, 2.24) is 15.3 Å². The monoisotopic (exact) mass is 237 g/mol. The topological polar surface area (TPSA) is 64.1 Å². The van der Waals surface area contributed by atoms with Crippen molar-refractivity contribution >= 4 is 5.97 Å². The molecule has 17 heavy (non-hydrogen) atoms. The Hall–Kier alpha value is -1.49. The molecule has 0 aliphatic carbocycles. The van der Waals surface area contributed by atoms with Crippen molar-refractivity contribution in [3.8, 4) is 0 Å². The molecule has 0 aliphatic rings. The van der Waals surface area contributed by atoms with E-state index in [0.29, 0.717) is 12.5 Å². The number of carbonyl (C=O) groups excluding carboxylic acids is 1. The van der Waals surface area contributed by atoms with Gasteiger partial charge in [0.25, 0.3) is 0 Å². The van der Waals surface area contributed by atoms with Crippen LogP contribution in [0.5, 0.6) is 0 Å². The lowest BCUT2D eigenvalue weighted by atomic mass is 10.0. The molecule has 0 bridgehead atoms. The van der Waals surface area contributed by atoms with Crippen molar-refractivity contribution in [3.63, 3.8) is 0 Å². The number of aromatic nitrogens is 2. The largest absolute Gasteiger partial charge is 0.468 e. The fourth-order valence-electron chi connectivity index (χ4n) is 1.53. The van der Waals surface area contributed by atoms with Crippen molar-refractivity contribution in [2.75, 3.05) is 7.11 Å². The smallest absolute Gasteiger partial charge is 0.322 e. The van der Waals surface area contributed by atoms with Crippen molar-refractivity contribution in [2.24, 2.45) is 5.92 Å². The molecule has 1 unspecified atom stereocenters. The van der Waals surface area contributed by atoms with Gasteiger partial charge >= 0.3 is 5.97 Å². The van der Waals surface area contributed by atoms with Gasteiger partial charge in [0, 0.05) is 25.1 Å². The summed E-state index contributed by atoms with van der Waals surface area (Å²) in [6, 6.07) is -0.290. The van der Waals surface area contributed by atoms with Gasteiger partial charge in [0.1, 0.15) is 6.04 Å². The van der Waals surface area contributed by atoms with Crippen LogP contribution in [0.4, 0.5) is 0 Å². The average Bonchev–Trinajstić information content (AvgIpc) is 2.34. The van der Waals surface area contributed by atoms with Crippen LogP contribution in [0.15, 0.2) is 18.6 Å². The zero-order valence-electron chi connectivity index (χ0n) is 10.5. The lowest BCUT2D eigenvalue weighted by Crippen LogP contribution is -2.38. The molecule has 0 aromatic carbocycles. The molecule has 0 spiro atoms. The normalized spacial score (nSPS) is 12.5. The third-order valence-corrected chi connectivity index (χ3v) is 2.34. The van der Waals surface area contributed by atoms with E-state index in [-0.39, 0.29) is 12.0 Å². The SMILES string of the molecule is COC(=O)C(CC(C)C)NCc1cnccn1. The van der Waals surface area contributed by atoms with Crippen molar-refractivity contribution in [3.05, 3.63) is 24.3 Å². The van der Waals surface area contributed by atoms with Gasteiger partial charge in [-0.05, 0) is 12.3 Å². The Bertz CT molecular complexity index is 341. The van der Waals surface area contributed by atoms with Crippen LogP contribution in [0.3, 0.4) is 0 Å². The molecule has 1 N–H and O–H groups in total. The number of ether oxygens (including phenoxy) is 1. The standard InChI is InChI=1S/C12H19N3O2/c1-9(2)6-11(12(16)17-3)15-8-10-7-13-4-5-14-10/h4-5,7,9,11,15H,6,8H2,1-3H3. The second kappa shape index (κ2) is 6.96. The second-order valence-corrected chi connectivity index (χ2v) is 4.28. The number of carbonyl (C=O) groups is 1. The summed E-state index contributed by atoms with van der Waals surface area (Å²) in [5.74, 6) is 0.191. The molecule has 0 saturated carbocycles. The van der Waals surface area contributed by atoms with Crippen LogP contribution >= 0.6 is 0 Å². The highest BCUT2D eigenvalue weighted by molar-refractivity contribution is 5.75. The van der Waals surface area contributed by atoms with Gasteiger partial charge in [0.15, 0.2) is 0 Å². The summed E-state index contributed by atoms with van der Waals surface area (Å²) in [7, 11) is 1.40. The Labute approximate surface area is 102 Å². The van der Waals surface area contributed by atoms with E-state index >= 15 is 0 Å². The number of nitrogens with one attached hydrogen (secondary N) is 1. The lowest BCUT2D eigenvalue weighted by Gasteiger charge is -2.17. The van der Waals surface area contributed by atoms with E-state index in [0.717, 1.165) is 12.1 Å². The summed E-state index contributed by atoms with van der Waals surface area (Å²) in [6.45, 7) is 4.65. The van der Waals surface area contributed by atoms with Crippen molar-refractivity contribution in [1.29, 1.82) is 0 Å². The summed E-state index contributed by atoms with van der Waals surface area (Å²) in [5, 5.41) is 3.14. The molecule has 0 fully saturated rings.